The van der Waals surface area contributed by atoms with Crippen LogP contribution in [0.1, 0.15) is 59.4 Å². The fourth-order valence-electron chi connectivity index (χ4n) is 5.48. The summed E-state index contributed by atoms with van der Waals surface area (Å²) in [5.41, 5.74) is 1.26. The number of likely N-dealkylation sites (tertiary alicyclic amines) is 1. The summed E-state index contributed by atoms with van der Waals surface area (Å²) in [6, 6.07) is 17.3. The van der Waals surface area contributed by atoms with E-state index in [0.29, 0.717) is 17.5 Å². The molecule has 0 spiro atoms. The predicted molar refractivity (Wildman–Crippen MR) is 113 cm³/mol. The lowest BCUT2D eigenvalue weighted by Crippen LogP contribution is -2.46. The molecule has 0 aromatic heterocycles. The molecule has 0 N–H and O–H groups in total. The van der Waals surface area contributed by atoms with Crippen LogP contribution in [0.5, 0.6) is 0 Å². The van der Waals surface area contributed by atoms with Gasteiger partial charge in [-0.25, -0.2) is 0 Å². The van der Waals surface area contributed by atoms with Gasteiger partial charge in [-0.05, 0) is 56.7 Å². The van der Waals surface area contributed by atoms with E-state index in [1.807, 2.05) is 35.2 Å². The van der Waals surface area contributed by atoms with Crippen LogP contribution < -0.4 is 0 Å². The van der Waals surface area contributed by atoms with Gasteiger partial charge in [0, 0.05) is 18.6 Å². The first kappa shape index (κ1) is 19.0. The molecule has 2 aromatic carbocycles. The summed E-state index contributed by atoms with van der Waals surface area (Å²) in [4.78, 5) is 42.9. The summed E-state index contributed by atoms with van der Waals surface area (Å²) in [6.45, 7) is 4.51. The minimum Gasteiger partial charge on any atom is -0.337 e. The molecule has 5 rings (SSSR count). The Morgan fingerprint density at radius 3 is 2.00 bits per heavy atom. The van der Waals surface area contributed by atoms with Gasteiger partial charge in [0.15, 0.2) is 0 Å². The lowest BCUT2D eigenvalue weighted by molar-refractivity contribution is -0.136. The van der Waals surface area contributed by atoms with Crippen LogP contribution in [0, 0.1) is 5.92 Å². The molecule has 2 fully saturated rings. The second-order valence-corrected chi connectivity index (χ2v) is 8.99. The van der Waals surface area contributed by atoms with Crippen molar-refractivity contribution in [1.29, 1.82) is 0 Å². The Labute approximate surface area is 176 Å². The summed E-state index contributed by atoms with van der Waals surface area (Å²) in [6.07, 6.45) is 2.70. The van der Waals surface area contributed by atoms with Crippen LogP contribution >= 0.6 is 0 Å². The number of carbonyl (C=O) groups is 3. The molecular formula is C25H26N2O3. The number of amides is 3. The zero-order valence-electron chi connectivity index (χ0n) is 17.4. The molecule has 2 aromatic rings. The van der Waals surface area contributed by atoms with Crippen molar-refractivity contribution in [3.63, 3.8) is 0 Å². The van der Waals surface area contributed by atoms with Crippen LogP contribution in [-0.2, 0) is 10.2 Å². The first-order valence-corrected chi connectivity index (χ1v) is 10.8. The van der Waals surface area contributed by atoms with Gasteiger partial charge in [-0.1, -0.05) is 42.5 Å². The maximum absolute atomic E-state index is 13.9. The van der Waals surface area contributed by atoms with Crippen molar-refractivity contribution >= 4 is 17.7 Å². The molecule has 3 amide bonds. The maximum Gasteiger partial charge on any atom is 0.261 e. The highest BCUT2D eigenvalue weighted by Crippen LogP contribution is 2.57. The van der Waals surface area contributed by atoms with Crippen molar-refractivity contribution < 1.29 is 14.4 Å². The molecule has 1 aliphatic carbocycles. The molecule has 0 radical (unpaired) electrons. The third-order valence-electron chi connectivity index (χ3n) is 7.24. The van der Waals surface area contributed by atoms with Gasteiger partial charge in [-0.2, -0.15) is 0 Å². The second kappa shape index (κ2) is 6.79. The Balaban J connectivity index is 1.46. The van der Waals surface area contributed by atoms with Crippen molar-refractivity contribution in [1.82, 2.24) is 9.80 Å². The molecule has 154 valence electrons. The lowest BCUT2D eigenvalue weighted by atomic mass is 9.90. The quantitative estimate of drug-likeness (QED) is 0.734. The van der Waals surface area contributed by atoms with E-state index < -0.39 is 5.41 Å². The van der Waals surface area contributed by atoms with Crippen LogP contribution in [-0.4, -0.2) is 46.1 Å². The second-order valence-electron chi connectivity index (χ2n) is 8.99. The Hall–Kier alpha value is -2.95. The molecule has 1 saturated carbocycles. The Bertz CT molecular complexity index is 989. The van der Waals surface area contributed by atoms with Crippen LogP contribution in [0.3, 0.4) is 0 Å². The number of rotatable bonds is 4. The molecule has 3 aliphatic rings. The zero-order valence-corrected chi connectivity index (χ0v) is 17.4. The number of fused-ring (bicyclic) bond motifs is 1. The molecule has 2 aliphatic heterocycles. The predicted octanol–water partition coefficient (Wildman–Crippen LogP) is 3.64. The molecular weight excluding hydrogens is 376 g/mol. The van der Waals surface area contributed by atoms with E-state index in [9.17, 15) is 14.4 Å². The van der Waals surface area contributed by atoms with Gasteiger partial charge in [-0.3, -0.25) is 19.3 Å². The van der Waals surface area contributed by atoms with Crippen LogP contribution in [0.15, 0.2) is 54.6 Å². The third kappa shape index (κ3) is 2.64. The van der Waals surface area contributed by atoms with Crippen molar-refractivity contribution in [2.75, 3.05) is 6.54 Å². The Kier molecular flexibility index (Phi) is 4.31. The Morgan fingerprint density at radius 1 is 0.900 bits per heavy atom. The number of nitrogens with zero attached hydrogens (tertiary/aromatic N) is 2. The van der Waals surface area contributed by atoms with E-state index in [1.165, 1.54) is 4.90 Å². The van der Waals surface area contributed by atoms with E-state index >= 15 is 0 Å². The van der Waals surface area contributed by atoms with E-state index in [-0.39, 0.29) is 42.3 Å². The smallest absolute Gasteiger partial charge is 0.261 e. The summed E-state index contributed by atoms with van der Waals surface area (Å²) in [5.74, 6) is -0.415. The molecule has 4 atom stereocenters. The highest BCUT2D eigenvalue weighted by atomic mass is 16.2. The molecule has 0 bridgehead atoms. The molecule has 5 nitrogen and oxygen atoms in total. The summed E-state index contributed by atoms with van der Waals surface area (Å²) < 4.78 is 0. The average Bonchev–Trinajstić information content (AvgIpc) is 3.33. The van der Waals surface area contributed by atoms with Gasteiger partial charge < -0.3 is 4.90 Å². The van der Waals surface area contributed by atoms with E-state index in [2.05, 4.69) is 13.8 Å². The van der Waals surface area contributed by atoms with Gasteiger partial charge in [0.25, 0.3) is 11.8 Å². The van der Waals surface area contributed by atoms with Gasteiger partial charge in [0.1, 0.15) is 0 Å². The number of benzene rings is 2. The number of hydrogen-bond acceptors (Lipinski definition) is 3. The highest BCUT2D eigenvalue weighted by molar-refractivity contribution is 6.21. The standard InChI is InChI=1S/C25H26N2O3/c1-16-12-13-17(2)27(16)24(30)25(18-8-4-3-5-9-18)14-19(25)15-26-22(28)20-10-6-7-11-21(20)23(26)29/h3-11,16-17,19H,12-15H2,1-2H3. The SMILES string of the molecule is CC1CCC(C)N1C(=O)C1(c2ccccc2)CC1CN1C(=O)c2ccccc2C1=O. The maximum atomic E-state index is 13.9. The van der Waals surface area contributed by atoms with Gasteiger partial charge in [0.2, 0.25) is 5.91 Å². The van der Waals surface area contributed by atoms with E-state index in [4.69, 9.17) is 0 Å². The molecule has 2 heterocycles. The zero-order chi connectivity index (χ0) is 21.0. The first-order chi connectivity index (χ1) is 14.4. The average molecular weight is 402 g/mol. The molecule has 30 heavy (non-hydrogen) atoms. The first-order valence-electron chi connectivity index (χ1n) is 10.8. The van der Waals surface area contributed by atoms with Crippen molar-refractivity contribution in [2.24, 2.45) is 5.92 Å². The lowest BCUT2D eigenvalue weighted by Gasteiger charge is -2.32. The molecule has 1 saturated heterocycles. The minimum atomic E-state index is -0.649. The highest BCUT2D eigenvalue weighted by Gasteiger charge is 2.64. The van der Waals surface area contributed by atoms with Crippen LogP contribution in [0.2, 0.25) is 0 Å². The summed E-state index contributed by atoms with van der Waals surface area (Å²) in [5, 5.41) is 0. The molecule has 5 heteroatoms. The largest absolute Gasteiger partial charge is 0.337 e. The monoisotopic (exact) mass is 402 g/mol. The van der Waals surface area contributed by atoms with E-state index in [0.717, 1.165) is 18.4 Å². The minimum absolute atomic E-state index is 0.0605. The fourth-order valence-corrected chi connectivity index (χ4v) is 5.48. The van der Waals surface area contributed by atoms with Crippen molar-refractivity contribution in [3.8, 4) is 0 Å². The number of imide groups is 1. The normalized spacial score (nSPS) is 30.0. The third-order valence-corrected chi connectivity index (χ3v) is 7.24. The number of carbonyl (C=O) groups excluding carboxylic acids is 3. The van der Waals surface area contributed by atoms with E-state index in [1.54, 1.807) is 24.3 Å². The molecule has 4 unspecified atom stereocenters. The van der Waals surface area contributed by atoms with Crippen molar-refractivity contribution in [3.05, 3.63) is 71.3 Å². The van der Waals surface area contributed by atoms with Gasteiger partial charge in [-0.15, -0.1) is 0 Å². The number of hydrogen-bond donors (Lipinski definition) is 0. The van der Waals surface area contributed by atoms with Crippen LogP contribution in [0.25, 0.3) is 0 Å². The topological polar surface area (TPSA) is 57.7 Å². The van der Waals surface area contributed by atoms with Crippen LogP contribution in [0.4, 0.5) is 0 Å². The Morgan fingerprint density at radius 2 is 1.43 bits per heavy atom. The van der Waals surface area contributed by atoms with Gasteiger partial charge >= 0.3 is 0 Å². The summed E-state index contributed by atoms with van der Waals surface area (Å²) in [7, 11) is 0. The van der Waals surface area contributed by atoms with Crippen molar-refractivity contribution in [2.45, 2.75) is 50.6 Å². The fraction of sp³-hybridized carbons (Fsp3) is 0.400. The van der Waals surface area contributed by atoms with Gasteiger partial charge in [0.05, 0.1) is 16.5 Å². The summed E-state index contributed by atoms with van der Waals surface area (Å²) >= 11 is 0.